The van der Waals surface area contributed by atoms with Crippen molar-refractivity contribution in [1.82, 2.24) is 25.4 Å². The van der Waals surface area contributed by atoms with Gasteiger partial charge in [0, 0.05) is 25.1 Å². The fourth-order valence-electron chi connectivity index (χ4n) is 5.16. The minimum Gasteiger partial charge on any atom is -0.378 e. The van der Waals surface area contributed by atoms with Crippen LogP contribution in [0.1, 0.15) is 69.2 Å². The molecular weight excluding hydrogens is 388 g/mol. The first-order chi connectivity index (χ1) is 15.0. The minimum absolute atomic E-state index is 0.149. The van der Waals surface area contributed by atoms with Crippen LogP contribution in [0.25, 0.3) is 0 Å². The molecular formula is C24H36N6O. The monoisotopic (exact) mass is 424 g/mol. The Morgan fingerprint density at radius 2 is 2.00 bits per heavy atom. The highest BCUT2D eigenvalue weighted by Gasteiger charge is 2.57. The van der Waals surface area contributed by atoms with E-state index in [-0.39, 0.29) is 11.5 Å². The van der Waals surface area contributed by atoms with Crippen molar-refractivity contribution in [2.24, 2.45) is 17.5 Å². The van der Waals surface area contributed by atoms with Gasteiger partial charge in [-0.05, 0) is 45.6 Å². The highest BCUT2D eigenvalue weighted by Crippen LogP contribution is 2.54. The molecule has 3 atom stereocenters. The molecule has 3 unspecified atom stereocenters. The number of hydrogen-bond acceptors (Lipinski definition) is 4. The number of rotatable bonds is 7. The van der Waals surface area contributed by atoms with Crippen molar-refractivity contribution in [2.45, 2.75) is 77.6 Å². The van der Waals surface area contributed by atoms with Gasteiger partial charge in [0.05, 0.1) is 12.1 Å². The van der Waals surface area contributed by atoms with Gasteiger partial charge in [0.15, 0.2) is 11.8 Å². The molecule has 1 aromatic heterocycles. The molecule has 1 heterocycles. The Hall–Kier alpha value is -2.41. The van der Waals surface area contributed by atoms with Gasteiger partial charge in [-0.3, -0.25) is 0 Å². The molecule has 2 fully saturated rings. The Labute approximate surface area is 185 Å². The first-order valence-electron chi connectivity index (χ1n) is 11.6. The first kappa shape index (κ1) is 21.8. The normalized spacial score (nSPS) is 23.5. The third-order valence-corrected chi connectivity index (χ3v) is 7.21. The van der Waals surface area contributed by atoms with Crippen molar-refractivity contribution in [3.8, 4) is 0 Å². The summed E-state index contributed by atoms with van der Waals surface area (Å²) in [5.74, 6) is 2.60. The van der Waals surface area contributed by atoms with Crippen molar-refractivity contribution in [3.05, 3.63) is 47.5 Å². The largest absolute Gasteiger partial charge is 0.378 e. The zero-order valence-corrected chi connectivity index (χ0v) is 19.3. The van der Waals surface area contributed by atoms with E-state index in [1.807, 2.05) is 24.6 Å². The molecule has 1 aromatic carbocycles. The average molecular weight is 425 g/mol. The second kappa shape index (κ2) is 9.39. The molecule has 2 aromatic rings. The van der Waals surface area contributed by atoms with Crippen molar-refractivity contribution in [3.63, 3.8) is 0 Å². The molecule has 0 aliphatic heterocycles. The quantitative estimate of drug-likeness (QED) is 0.524. The molecule has 0 bridgehead atoms. The van der Waals surface area contributed by atoms with Crippen LogP contribution in [0.4, 0.5) is 0 Å². The Morgan fingerprint density at radius 1 is 1.26 bits per heavy atom. The zero-order valence-electron chi connectivity index (χ0n) is 19.3. The molecule has 0 amide bonds. The van der Waals surface area contributed by atoms with Crippen LogP contribution in [-0.2, 0) is 18.3 Å². The van der Waals surface area contributed by atoms with Crippen LogP contribution >= 0.6 is 0 Å². The van der Waals surface area contributed by atoms with E-state index in [1.54, 1.807) is 0 Å². The van der Waals surface area contributed by atoms with Gasteiger partial charge in [-0.1, -0.05) is 43.2 Å². The molecule has 168 valence electrons. The Kier molecular flexibility index (Phi) is 6.60. The summed E-state index contributed by atoms with van der Waals surface area (Å²) in [6.07, 6.45) is 6.46. The lowest BCUT2D eigenvalue weighted by Gasteiger charge is -2.54. The fourth-order valence-corrected chi connectivity index (χ4v) is 5.16. The molecule has 2 aliphatic carbocycles. The topological polar surface area (TPSA) is 76.4 Å². The summed E-state index contributed by atoms with van der Waals surface area (Å²) < 4.78 is 8.10. The lowest BCUT2D eigenvalue weighted by atomic mass is 9.60. The molecule has 2 aliphatic rings. The number of hydrogen-bond donors (Lipinski definition) is 2. The molecule has 0 radical (unpaired) electrons. The van der Waals surface area contributed by atoms with Gasteiger partial charge >= 0.3 is 0 Å². The number of aliphatic imine (C=N–C) groups is 1. The number of benzene rings is 1. The molecule has 0 saturated heterocycles. The van der Waals surface area contributed by atoms with Gasteiger partial charge in [-0.25, -0.2) is 4.99 Å². The third-order valence-electron chi connectivity index (χ3n) is 7.21. The van der Waals surface area contributed by atoms with Crippen LogP contribution in [0.3, 0.4) is 0 Å². The Morgan fingerprint density at radius 3 is 2.65 bits per heavy atom. The molecule has 31 heavy (non-hydrogen) atoms. The maximum atomic E-state index is 6.10. The van der Waals surface area contributed by atoms with Crippen LogP contribution in [0.2, 0.25) is 0 Å². The summed E-state index contributed by atoms with van der Waals surface area (Å²) >= 11 is 0. The smallest absolute Gasteiger partial charge is 0.192 e. The van der Waals surface area contributed by atoms with E-state index in [0.717, 1.165) is 30.6 Å². The molecule has 4 rings (SSSR count). The fraction of sp³-hybridized carbons (Fsp3) is 0.625. The van der Waals surface area contributed by atoms with Gasteiger partial charge in [-0.2, -0.15) is 0 Å². The predicted molar refractivity (Wildman–Crippen MR) is 123 cm³/mol. The number of guanidine groups is 1. The van der Waals surface area contributed by atoms with Crippen LogP contribution < -0.4 is 10.6 Å². The van der Waals surface area contributed by atoms with Crippen LogP contribution in [0, 0.1) is 12.3 Å². The number of ether oxygens (including phenoxy) is 1. The zero-order chi connectivity index (χ0) is 21.8. The number of aryl methyl sites for hydroxylation is 1. The van der Waals surface area contributed by atoms with Crippen LogP contribution in [0.15, 0.2) is 35.3 Å². The standard InChI is InChI=1S/C24H36N6O/c1-5-31-21-15-20(24(21)13-9-10-14-24)27-23(25-16-22-29-28-18(3)30(22)4)26-17(2)19-11-7-6-8-12-19/h6-8,11-12,17,20-21H,5,9-10,13-16H2,1-4H3,(H2,25,26,27). The van der Waals surface area contributed by atoms with Gasteiger partial charge < -0.3 is 19.9 Å². The summed E-state index contributed by atoms with van der Waals surface area (Å²) in [4.78, 5) is 4.91. The maximum absolute atomic E-state index is 6.10. The van der Waals surface area contributed by atoms with Crippen molar-refractivity contribution < 1.29 is 4.74 Å². The van der Waals surface area contributed by atoms with Gasteiger partial charge in [0.1, 0.15) is 12.4 Å². The predicted octanol–water partition coefficient (Wildman–Crippen LogP) is 3.66. The van der Waals surface area contributed by atoms with E-state index in [9.17, 15) is 0 Å². The SMILES string of the molecule is CCOC1CC(NC(=NCc2nnc(C)n2C)NC(C)c2ccccc2)C12CCCC2. The van der Waals surface area contributed by atoms with Crippen LogP contribution in [-0.4, -0.2) is 39.5 Å². The van der Waals surface area contributed by atoms with E-state index in [4.69, 9.17) is 9.73 Å². The number of nitrogens with zero attached hydrogens (tertiary/aromatic N) is 4. The Balaban J connectivity index is 1.52. The number of nitrogens with one attached hydrogen (secondary N) is 2. The lowest BCUT2D eigenvalue weighted by Crippen LogP contribution is -2.65. The van der Waals surface area contributed by atoms with Gasteiger partial charge in [0.25, 0.3) is 0 Å². The van der Waals surface area contributed by atoms with Crippen molar-refractivity contribution in [1.29, 1.82) is 0 Å². The molecule has 2 N–H and O–H groups in total. The lowest BCUT2D eigenvalue weighted by molar-refractivity contribution is -0.125. The number of aromatic nitrogens is 3. The van der Waals surface area contributed by atoms with Crippen LogP contribution in [0.5, 0.6) is 0 Å². The first-order valence-corrected chi connectivity index (χ1v) is 11.6. The summed E-state index contributed by atoms with van der Waals surface area (Å²) in [5, 5.41) is 15.8. The van der Waals surface area contributed by atoms with E-state index in [1.165, 1.54) is 31.2 Å². The second-order valence-electron chi connectivity index (χ2n) is 8.98. The maximum Gasteiger partial charge on any atom is 0.192 e. The molecule has 7 nitrogen and oxygen atoms in total. The van der Waals surface area contributed by atoms with Gasteiger partial charge in [-0.15, -0.1) is 10.2 Å². The van der Waals surface area contributed by atoms with Crippen molar-refractivity contribution >= 4 is 5.96 Å². The summed E-state index contributed by atoms with van der Waals surface area (Å²) in [6, 6.07) is 11.0. The third kappa shape index (κ3) is 4.47. The van der Waals surface area contributed by atoms with E-state index in [2.05, 4.69) is 58.9 Å². The molecule has 1 spiro atoms. The second-order valence-corrected chi connectivity index (χ2v) is 8.98. The van der Waals surface area contributed by atoms with E-state index < -0.39 is 0 Å². The van der Waals surface area contributed by atoms with Crippen molar-refractivity contribution in [2.75, 3.05) is 6.61 Å². The average Bonchev–Trinajstić information content (AvgIpc) is 3.41. The van der Waals surface area contributed by atoms with E-state index >= 15 is 0 Å². The highest BCUT2D eigenvalue weighted by molar-refractivity contribution is 5.80. The molecule has 7 heteroatoms. The minimum atomic E-state index is 0.149. The molecule has 2 saturated carbocycles. The highest BCUT2D eigenvalue weighted by atomic mass is 16.5. The summed E-state index contributed by atoms with van der Waals surface area (Å²) in [5.41, 5.74) is 1.48. The van der Waals surface area contributed by atoms with Gasteiger partial charge in [0.2, 0.25) is 0 Å². The van der Waals surface area contributed by atoms with E-state index in [0.29, 0.717) is 18.7 Å². The summed E-state index contributed by atoms with van der Waals surface area (Å²) in [6.45, 7) is 7.51. The Bertz CT molecular complexity index is 887. The summed E-state index contributed by atoms with van der Waals surface area (Å²) in [7, 11) is 1.99.